The van der Waals surface area contributed by atoms with E-state index in [0.29, 0.717) is 6.54 Å². The van der Waals surface area contributed by atoms with Crippen LogP contribution in [0, 0.1) is 6.92 Å². The number of rotatable bonds is 4. The Bertz CT molecular complexity index is 468. The summed E-state index contributed by atoms with van der Waals surface area (Å²) >= 11 is 10.5. The van der Waals surface area contributed by atoms with Gasteiger partial charge in [-0.25, -0.2) is 4.98 Å². The molecule has 0 radical (unpaired) electrons. The van der Waals surface area contributed by atoms with E-state index in [0.717, 1.165) is 14.5 Å². The molecule has 0 aliphatic carbocycles. The number of nitrogens with two attached hydrogens (primary N) is 1. The first-order valence-corrected chi connectivity index (χ1v) is 7.46. The Labute approximate surface area is 111 Å². The average Bonchev–Trinajstić information content (AvgIpc) is 2.84. The Hall–Kier alpha value is -0.140. The zero-order valence-corrected chi connectivity index (χ0v) is 11.7. The molecule has 2 aromatic heterocycles. The lowest BCUT2D eigenvalue weighted by Gasteiger charge is -2.09. The summed E-state index contributed by atoms with van der Waals surface area (Å²) in [6.45, 7) is 2.46. The lowest BCUT2D eigenvalue weighted by molar-refractivity contribution is 0.956. The van der Waals surface area contributed by atoms with Gasteiger partial charge in [0.25, 0.3) is 0 Å². The van der Waals surface area contributed by atoms with E-state index in [9.17, 15) is 0 Å². The molecule has 3 nitrogen and oxygen atoms in total. The Morgan fingerprint density at radius 3 is 2.88 bits per heavy atom. The van der Waals surface area contributed by atoms with Crippen LogP contribution < -0.4 is 5.73 Å². The van der Waals surface area contributed by atoms with Gasteiger partial charge in [-0.2, -0.15) is 4.37 Å². The summed E-state index contributed by atoms with van der Waals surface area (Å²) in [6, 6.07) is 3.92. The molecule has 0 aliphatic rings. The number of thioether (sulfide) groups is 1. The highest BCUT2D eigenvalue weighted by Gasteiger charge is 2.15. The molecule has 2 N–H and O–H groups in total. The summed E-state index contributed by atoms with van der Waals surface area (Å²) in [6.07, 6.45) is 0. The molecule has 1 unspecified atom stereocenters. The second-order valence-corrected chi connectivity index (χ2v) is 7.04. The van der Waals surface area contributed by atoms with E-state index in [1.54, 1.807) is 23.1 Å². The molecule has 1 atom stereocenters. The first-order chi connectivity index (χ1) is 7.69. The third-order valence-electron chi connectivity index (χ3n) is 1.88. The summed E-state index contributed by atoms with van der Waals surface area (Å²) in [7, 11) is 0. The first-order valence-electron chi connectivity index (χ1n) is 4.61. The van der Waals surface area contributed by atoms with Crippen LogP contribution in [0.3, 0.4) is 0 Å². The minimum Gasteiger partial charge on any atom is -0.329 e. The molecule has 16 heavy (non-hydrogen) atoms. The Morgan fingerprint density at radius 2 is 2.38 bits per heavy atom. The standard InChI is InChI=1S/C9H10ClN3S3/c1-5-12-9(16-13-5)15-7(4-11)6-2-3-8(10)14-6/h2-3,7H,4,11H2,1H3. The van der Waals surface area contributed by atoms with E-state index in [1.165, 1.54) is 16.4 Å². The smallest absolute Gasteiger partial charge is 0.170 e. The van der Waals surface area contributed by atoms with E-state index in [2.05, 4.69) is 9.36 Å². The highest BCUT2D eigenvalue weighted by molar-refractivity contribution is 8.01. The topological polar surface area (TPSA) is 51.8 Å². The number of thiophene rings is 1. The quantitative estimate of drug-likeness (QED) is 0.878. The minimum absolute atomic E-state index is 0.213. The Kier molecular flexibility index (Phi) is 4.21. The van der Waals surface area contributed by atoms with Crippen LogP contribution in [0.4, 0.5) is 0 Å². The van der Waals surface area contributed by atoms with Crippen LogP contribution in [0.1, 0.15) is 16.0 Å². The third-order valence-corrected chi connectivity index (χ3v) is 5.51. The van der Waals surface area contributed by atoms with E-state index < -0.39 is 0 Å². The Morgan fingerprint density at radius 1 is 1.56 bits per heavy atom. The summed E-state index contributed by atoms with van der Waals surface area (Å²) in [4.78, 5) is 5.50. The SMILES string of the molecule is Cc1nsc(SC(CN)c2ccc(Cl)s2)n1. The van der Waals surface area contributed by atoms with Crippen LogP contribution in [0.2, 0.25) is 4.34 Å². The summed E-state index contributed by atoms with van der Waals surface area (Å²) in [5.41, 5.74) is 5.77. The predicted molar refractivity (Wildman–Crippen MR) is 71.6 cm³/mol. The molecule has 86 valence electrons. The van der Waals surface area contributed by atoms with Gasteiger partial charge >= 0.3 is 0 Å². The molecule has 0 saturated carbocycles. The summed E-state index contributed by atoms with van der Waals surface area (Å²) < 4.78 is 5.90. The number of aromatic nitrogens is 2. The molecule has 7 heteroatoms. The van der Waals surface area contributed by atoms with Crippen molar-refractivity contribution in [2.45, 2.75) is 16.5 Å². The van der Waals surface area contributed by atoms with Crippen molar-refractivity contribution < 1.29 is 0 Å². The van der Waals surface area contributed by atoms with E-state index in [1.807, 2.05) is 19.1 Å². The largest absolute Gasteiger partial charge is 0.329 e. The average molecular weight is 292 g/mol. The number of halogens is 1. The second kappa shape index (κ2) is 5.46. The van der Waals surface area contributed by atoms with Crippen molar-refractivity contribution in [2.24, 2.45) is 5.73 Å². The van der Waals surface area contributed by atoms with Crippen molar-refractivity contribution >= 4 is 46.2 Å². The van der Waals surface area contributed by atoms with Gasteiger partial charge < -0.3 is 5.73 Å². The maximum absolute atomic E-state index is 5.91. The van der Waals surface area contributed by atoms with E-state index in [4.69, 9.17) is 17.3 Å². The van der Waals surface area contributed by atoms with Gasteiger partial charge in [-0.1, -0.05) is 23.4 Å². The Balaban J connectivity index is 2.12. The molecule has 0 amide bonds. The lowest BCUT2D eigenvalue weighted by Crippen LogP contribution is -2.07. The normalized spacial score (nSPS) is 12.9. The van der Waals surface area contributed by atoms with Gasteiger partial charge in [-0.3, -0.25) is 0 Å². The third kappa shape index (κ3) is 2.95. The van der Waals surface area contributed by atoms with Gasteiger partial charge in [0.05, 0.1) is 9.59 Å². The highest BCUT2D eigenvalue weighted by atomic mass is 35.5. The maximum Gasteiger partial charge on any atom is 0.170 e. The van der Waals surface area contributed by atoms with Crippen LogP contribution >= 0.6 is 46.2 Å². The zero-order chi connectivity index (χ0) is 11.5. The van der Waals surface area contributed by atoms with Crippen molar-refractivity contribution in [2.75, 3.05) is 6.54 Å². The number of nitrogens with zero attached hydrogens (tertiary/aromatic N) is 2. The maximum atomic E-state index is 5.91. The number of aryl methyl sites for hydroxylation is 1. The molecule has 0 saturated heterocycles. The fourth-order valence-electron chi connectivity index (χ4n) is 1.17. The molecule has 0 aliphatic heterocycles. The van der Waals surface area contributed by atoms with Gasteiger partial charge in [0, 0.05) is 11.4 Å². The second-order valence-electron chi connectivity index (χ2n) is 3.09. The van der Waals surface area contributed by atoms with E-state index >= 15 is 0 Å². The fraction of sp³-hybridized carbons (Fsp3) is 0.333. The van der Waals surface area contributed by atoms with Crippen molar-refractivity contribution in [1.82, 2.24) is 9.36 Å². The molecular formula is C9H10ClN3S3. The fourth-order valence-corrected chi connectivity index (χ4v) is 4.29. The monoisotopic (exact) mass is 291 g/mol. The first kappa shape index (κ1) is 12.3. The number of hydrogen-bond donors (Lipinski definition) is 1. The minimum atomic E-state index is 0.213. The van der Waals surface area contributed by atoms with Crippen LogP contribution in [-0.2, 0) is 0 Å². The van der Waals surface area contributed by atoms with Crippen molar-refractivity contribution in [3.05, 3.63) is 27.2 Å². The van der Waals surface area contributed by atoms with Crippen molar-refractivity contribution in [3.8, 4) is 0 Å². The summed E-state index contributed by atoms with van der Waals surface area (Å²) in [5.74, 6) is 0.812. The van der Waals surface area contributed by atoms with Gasteiger partial charge in [-0.05, 0) is 30.6 Å². The van der Waals surface area contributed by atoms with Crippen molar-refractivity contribution in [3.63, 3.8) is 0 Å². The van der Waals surface area contributed by atoms with Gasteiger partial charge in [-0.15, -0.1) is 11.3 Å². The van der Waals surface area contributed by atoms with Gasteiger partial charge in [0.2, 0.25) is 0 Å². The summed E-state index contributed by atoms with van der Waals surface area (Å²) in [5, 5.41) is 0.213. The predicted octanol–water partition coefficient (Wildman–Crippen LogP) is 3.35. The molecule has 2 heterocycles. The number of hydrogen-bond acceptors (Lipinski definition) is 6. The van der Waals surface area contributed by atoms with E-state index in [-0.39, 0.29) is 5.25 Å². The van der Waals surface area contributed by atoms with Crippen LogP contribution in [-0.4, -0.2) is 15.9 Å². The van der Waals surface area contributed by atoms with Gasteiger partial charge in [0.15, 0.2) is 4.34 Å². The zero-order valence-electron chi connectivity index (χ0n) is 8.51. The molecule has 0 aromatic carbocycles. The molecule has 0 bridgehead atoms. The van der Waals surface area contributed by atoms with Crippen LogP contribution in [0.5, 0.6) is 0 Å². The highest BCUT2D eigenvalue weighted by Crippen LogP contribution is 2.39. The van der Waals surface area contributed by atoms with Crippen LogP contribution in [0.15, 0.2) is 16.5 Å². The molecule has 0 spiro atoms. The lowest BCUT2D eigenvalue weighted by atomic mass is 10.3. The molecule has 0 fully saturated rings. The van der Waals surface area contributed by atoms with Crippen LogP contribution in [0.25, 0.3) is 0 Å². The van der Waals surface area contributed by atoms with Gasteiger partial charge in [0.1, 0.15) is 5.82 Å². The molecule has 2 aromatic rings. The molecule has 2 rings (SSSR count). The molecular weight excluding hydrogens is 282 g/mol. The van der Waals surface area contributed by atoms with Crippen molar-refractivity contribution in [1.29, 1.82) is 0 Å².